The maximum Gasteiger partial charge on any atom is 0.0992 e. The van der Waals surface area contributed by atoms with Crippen LogP contribution < -0.4 is 10.2 Å². The largest absolute Gasteiger partial charge is 0.395 e. The van der Waals surface area contributed by atoms with Crippen molar-refractivity contribution in [1.82, 2.24) is 5.32 Å². The van der Waals surface area contributed by atoms with Gasteiger partial charge in [0, 0.05) is 30.9 Å². The van der Waals surface area contributed by atoms with Gasteiger partial charge in [-0.25, -0.2) is 0 Å². The number of nitrogens with zero attached hydrogens (tertiary/aromatic N) is 2. The molecule has 1 aromatic carbocycles. The Balaban J connectivity index is 2.21. The summed E-state index contributed by atoms with van der Waals surface area (Å²) in [6, 6.07) is 10.2. The van der Waals surface area contributed by atoms with Crippen LogP contribution in [0.2, 0.25) is 0 Å². The summed E-state index contributed by atoms with van der Waals surface area (Å²) in [5.41, 5.74) is 1.73. The molecular weight excluding hydrogens is 214 g/mol. The number of nitriles is 1. The molecule has 0 radical (unpaired) electrons. The fourth-order valence-corrected chi connectivity index (χ4v) is 2.17. The molecule has 2 N–H and O–H groups in total. The SMILES string of the molecule is CC1CNC(CO)CN1c1cccc(C#N)c1. The molecule has 2 atom stereocenters. The fourth-order valence-electron chi connectivity index (χ4n) is 2.17. The third-order valence-electron chi connectivity index (χ3n) is 3.18. The highest BCUT2D eigenvalue weighted by atomic mass is 16.3. The molecule has 2 rings (SSSR count). The molecule has 2 unspecified atom stereocenters. The van der Waals surface area contributed by atoms with Crippen molar-refractivity contribution in [3.63, 3.8) is 0 Å². The number of anilines is 1. The van der Waals surface area contributed by atoms with Gasteiger partial charge in [0.05, 0.1) is 18.2 Å². The first kappa shape index (κ1) is 11.9. The number of benzene rings is 1. The second-order valence-corrected chi connectivity index (χ2v) is 4.45. The van der Waals surface area contributed by atoms with Crippen molar-refractivity contribution < 1.29 is 5.11 Å². The van der Waals surface area contributed by atoms with E-state index in [1.807, 2.05) is 18.2 Å². The highest BCUT2D eigenvalue weighted by Crippen LogP contribution is 2.20. The van der Waals surface area contributed by atoms with E-state index in [1.165, 1.54) is 0 Å². The van der Waals surface area contributed by atoms with Crippen molar-refractivity contribution in [1.29, 1.82) is 5.26 Å². The number of hydrogen-bond donors (Lipinski definition) is 2. The Morgan fingerprint density at radius 1 is 1.59 bits per heavy atom. The minimum Gasteiger partial charge on any atom is -0.395 e. The normalized spacial score (nSPS) is 24.4. The van der Waals surface area contributed by atoms with Gasteiger partial charge < -0.3 is 15.3 Å². The van der Waals surface area contributed by atoms with Crippen LogP contribution in [0.25, 0.3) is 0 Å². The lowest BCUT2D eigenvalue weighted by Crippen LogP contribution is -2.56. The number of hydrogen-bond acceptors (Lipinski definition) is 4. The van der Waals surface area contributed by atoms with E-state index in [0.717, 1.165) is 18.8 Å². The molecule has 1 aliphatic heterocycles. The lowest BCUT2D eigenvalue weighted by molar-refractivity contribution is 0.227. The molecule has 1 heterocycles. The zero-order chi connectivity index (χ0) is 12.3. The van der Waals surface area contributed by atoms with Gasteiger partial charge in [0.25, 0.3) is 0 Å². The lowest BCUT2D eigenvalue weighted by atomic mass is 10.1. The van der Waals surface area contributed by atoms with Crippen LogP contribution in [-0.2, 0) is 0 Å². The summed E-state index contributed by atoms with van der Waals surface area (Å²) in [6.45, 7) is 3.90. The first-order valence-corrected chi connectivity index (χ1v) is 5.85. The Labute approximate surface area is 101 Å². The van der Waals surface area contributed by atoms with Crippen molar-refractivity contribution in [3.8, 4) is 6.07 Å². The van der Waals surface area contributed by atoms with Crippen molar-refractivity contribution in [2.45, 2.75) is 19.0 Å². The summed E-state index contributed by atoms with van der Waals surface area (Å²) in [5.74, 6) is 0. The van der Waals surface area contributed by atoms with Gasteiger partial charge in [0.2, 0.25) is 0 Å². The molecule has 1 aromatic rings. The number of aliphatic hydroxyl groups is 1. The summed E-state index contributed by atoms with van der Waals surface area (Å²) in [4.78, 5) is 2.23. The standard InChI is InChI=1S/C13H17N3O/c1-10-7-15-12(9-17)8-16(10)13-4-2-3-11(5-13)6-14/h2-5,10,12,15,17H,7-9H2,1H3. The van der Waals surface area contributed by atoms with Gasteiger partial charge in [-0.3, -0.25) is 0 Å². The minimum atomic E-state index is 0.108. The maximum atomic E-state index is 9.20. The second kappa shape index (κ2) is 5.17. The van der Waals surface area contributed by atoms with Gasteiger partial charge in [-0.05, 0) is 25.1 Å². The van der Waals surface area contributed by atoms with E-state index in [-0.39, 0.29) is 12.6 Å². The summed E-state index contributed by atoms with van der Waals surface area (Å²) in [5, 5.41) is 21.4. The predicted octanol–water partition coefficient (Wildman–Crippen LogP) is 0.717. The predicted molar refractivity (Wildman–Crippen MR) is 66.8 cm³/mol. The Bertz CT molecular complexity index is 427. The summed E-state index contributed by atoms with van der Waals surface area (Å²) in [7, 11) is 0. The molecule has 0 bridgehead atoms. The summed E-state index contributed by atoms with van der Waals surface area (Å²) in [6.07, 6.45) is 0. The first-order chi connectivity index (χ1) is 8.24. The molecule has 1 fully saturated rings. The van der Waals surface area contributed by atoms with Gasteiger partial charge in [-0.15, -0.1) is 0 Å². The van der Waals surface area contributed by atoms with Gasteiger partial charge in [0.15, 0.2) is 0 Å². The Kier molecular flexibility index (Phi) is 3.62. The number of nitrogens with one attached hydrogen (secondary N) is 1. The van der Waals surface area contributed by atoms with E-state index in [4.69, 9.17) is 5.26 Å². The fraction of sp³-hybridized carbons (Fsp3) is 0.462. The average Bonchev–Trinajstić information content (AvgIpc) is 2.39. The van der Waals surface area contributed by atoms with Crippen LogP contribution in [0.4, 0.5) is 5.69 Å². The maximum absolute atomic E-state index is 9.20. The van der Waals surface area contributed by atoms with E-state index in [9.17, 15) is 5.11 Å². The van der Waals surface area contributed by atoms with Gasteiger partial charge >= 0.3 is 0 Å². The summed E-state index contributed by atoms with van der Waals surface area (Å²) < 4.78 is 0. The second-order valence-electron chi connectivity index (χ2n) is 4.45. The van der Waals surface area contributed by atoms with Gasteiger partial charge in [-0.1, -0.05) is 6.07 Å². The molecule has 0 saturated carbocycles. The number of aliphatic hydroxyl groups excluding tert-OH is 1. The zero-order valence-corrected chi connectivity index (χ0v) is 9.93. The van der Waals surface area contributed by atoms with E-state index in [1.54, 1.807) is 6.07 Å². The number of rotatable bonds is 2. The quantitative estimate of drug-likeness (QED) is 0.787. The van der Waals surface area contributed by atoms with Crippen molar-refractivity contribution in [2.24, 2.45) is 0 Å². The molecule has 17 heavy (non-hydrogen) atoms. The monoisotopic (exact) mass is 231 g/mol. The molecule has 4 nitrogen and oxygen atoms in total. The van der Waals surface area contributed by atoms with Crippen molar-refractivity contribution in [3.05, 3.63) is 29.8 Å². The third-order valence-corrected chi connectivity index (χ3v) is 3.18. The van der Waals surface area contributed by atoms with Crippen LogP contribution in [0.5, 0.6) is 0 Å². The molecular formula is C13H17N3O. The van der Waals surface area contributed by atoms with E-state index >= 15 is 0 Å². The van der Waals surface area contributed by atoms with Crippen LogP contribution in [0.15, 0.2) is 24.3 Å². The van der Waals surface area contributed by atoms with Crippen LogP contribution in [0.1, 0.15) is 12.5 Å². The Morgan fingerprint density at radius 3 is 3.12 bits per heavy atom. The molecule has 1 aliphatic rings. The topological polar surface area (TPSA) is 59.3 Å². The van der Waals surface area contributed by atoms with Crippen molar-refractivity contribution in [2.75, 3.05) is 24.6 Å². The minimum absolute atomic E-state index is 0.108. The van der Waals surface area contributed by atoms with E-state index in [2.05, 4.69) is 23.2 Å². The molecule has 0 aliphatic carbocycles. The summed E-state index contributed by atoms with van der Waals surface area (Å²) >= 11 is 0. The molecule has 90 valence electrons. The Morgan fingerprint density at radius 2 is 2.41 bits per heavy atom. The molecule has 0 aromatic heterocycles. The molecule has 4 heteroatoms. The van der Waals surface area contributed by atoms with Crippen molar-refractivity contribution >= 4 is 5.69 Å². The van der Waals surface area contributed by atoms with E-state index < -0.39 is 0 Å². The smallest absolute Gasteiger partial charge is 0.0992 e. The van der Waals surface area contributed by atoms with Crippen LogP contribution >= 0.6 is 0 Å². The molecule has 1 saturated heterocycles. The van der Waals surface area contributed by atoms with E-state index in [0.29, 0.717) is 11.6 Å². The van der Waals surface area contributed by atoms with Crippen LogP contribution in [-0.4, -0.2) is 36.9 Å². The number of piperazine rings is 1. The molecule has 0 spiro atoms. The van der Waals surface area contributed by atoms with Crippen LogP contribution in [0.3, 0.4) is 0 Å². The zero-order valence-electron chi connectivity index (χ0n) is 9.93. The molecule has 0 amide bonds. The first-order valence-electron chi connectivity index (χ1n) is 5.85. The third kappa shape index (κ3) is 2.57. The van der Waals surface area contributed by atoms with Crippen LogP contribution in [0, 0.1) is 11.3 Å². The Hall–Kier alpha value is -1.57. The van der Waals surface area contributed by atoms with Gasteiger partial charge in [0.1, 0.15) is 0 Å². The highest BCUT2D eigenvalue weighted by Gasteiger charge is 2.24. The van der Waals surface area contributed by atoms with Gasteiger partial charge in [-0.2, -0.15) is 5.26 Å². The highest BCUT2D eigenvalue weighted by molar-refractivity contribution is 5.52. The average molecular weight is 231 g/mol. The lowest BCUT2D eigenvalue weighted by Gasteiger charge is -2.39.